The van der Waals surface area contributed by atoms with Crippen molar-refractivity contribution in [2.75, 3.05) is 88.7 Å². The highest BCUT2D eigenvalue weighted by atomic mass is 35.5. The van der Waals surface area contributed by atoms with Gasteiger partial charge in [-0.1, -0.05) is 68.3 Å². The number of benzene rings is 6. The predicted molar refractivity (Wildman–Crippen MR) is 405 cm³/mol. The lowest BCUT2D eigenvalue weighted by atomic mass is 9.98. The minimum Gasteiger partial charge on any atom is -0.371 e. The van der Waals surface area contributed by atoms with Gasteiger partial charge in [-0.2, -0.15) is 10.5 Å². The van der Waals surface area contributed by atoms with Gasteiger partial charge in [-0.15, -0.1) is 20.4 Å². The number of hydrogen-bond donors (Lipinski definition) is 0. The van der Waals surface area contributed by atoms with Crippen LogP contribution >= 0.6 is 11.6 Å². The van der Waals surface area contributed by atoms with E-state index in [1.54, 1.807) is 6.33 Å². The van der Waals surface area contributed by atoms with E-state index in [4.69, 9.17) is 27.1 Å². The van der Waals surface area contributed by atoms with E-state index in [0.29, 0.717) is 52.5 Å². The van der Waals surface area contributed by atoms with E-state index in [1.807, 2.05) is 79.4 Å². The number of hydrogen-bond acceptors (Lipinski definition) is 12. The summed E-state index contributed by atoms with van der Waals surface area (Å²) in [5.41, 5.74) is 21.6. The van der Waals surface area contributed by atoms with Gasteiger partial charge in [0.25, 0.3) is 0 Å². The molecule has 6 aromatic carbocycles. The summed E-state index contributed by atoms with van der Waals surface area (Å²) < 4.78 is 26.5. The second kappa shape index (κ2) is 26.8. The molecule has 12 aromatic rings. The Bertz CT molecular complexity index is 5250. The Morgan fingerprint density at radius 1 is 0.524 bits per heavy atom. The van der Waals surface area contributed by atoms with Crippen molar-refractivity contribution in [1.29, 1.82) is 10.5 Å². The summed E-state index contributed by atoms with van der Waals surface area (Å²) in [7, 11) is 8.63. The Balaban J connectivity index is 0.000000115. The van der Waals surface area contributed by atoms with Crippen LogP contribution in [0.5, 0.6) is 0 Å². The second-order valence-electron chi connectivity index (χ2n) is 29.8. The molecular formula is C83H82ClFN18. The number of rotatable bonds is 10. The van der Waals surface area contributed by atoms with Gasteiger partial charge in [0.05, 0.1) is 64.0 Å². The largest absolute Gasteiger partial charge is 0.371 e. The van der Waals surface area contributed by atoms with Crippen LogP contribution in [-0.4, -0.2) is 143 Å². The van der Waals surface area contributed by atoms with Crippen LogP contribution in [0.1, 0.15) is 67.3 Å². The number of fused-ring (bicyclic) bond motifs is 16. The number of nitrogens with zero attached hydrogens (tertiary/aromatic N) is 18. The van der Waals surface area contributed by atoms with Crippen LogP contribution < -0.4 is 14.7 Å². The smallest absolute Gasteiger partial charge is 0.185 e. The summed E-state index contributed by atoms with van der Waals surface area (Å²) in [5, 5.41) is 36.3. The third-order valence-corrected chi connectivity index (χ3v) is 23.0. The van der Waals surface area contributed by atoms with Crippen molar-refractivity contribution in [2.24, 2.45) is 29.6 Å². The fourth-order valence-electron chi connectivity index (χ4n) is 17.4. The van der Waals surface area contributed by atoms with Gasteiger partial charge in [-0.05, 0) is 220 Å². The molecule has 7 aliphatic rings. The molecule has 0 spiro atoms. The predicted octanol–water partition coefficient (Wildman–Crippen LogP) is 15.1. The van der Waals surface area contributed by atoms with Crippen LogP contribution in [0.2, 0.25) is 5.15 Å². The summed E-state index contributed by atoms with van der Waals surface area (Å²) in [4.78, 5) is 17.0. The third-order valence-electron chi connectivity index (χ3n) is 22.6. The molecule has 12 heterocycles. The van der Waals surface area contributed by atoms with Gasteiger partial charge < -0.3 is 38.2 Å². The molecule has 4 fully saturated rings. The molecule has 6 aliphatic heterocycles. The van der Waals surface area contributed by atoms with Crippen LogP contribution in [0.15, 0.2) is 183 Å². The Morgan fingerprint density at radius 3 is 1.59 bits per heavy atom. The molecule has 0 bridgehead atoms. The molecule has 0 amide bonds. The van der Waals surface area contributed by atoms with Gasteiger partial charge >= 0.3 is 0 Å². The van der Waals surface area contributed by atoms with Crippen LogP contribution in [0, 0.1) is 58.1 Å². The SMILES string of the molecule is C[C@@H]1CN(c2ccc3c(c2)Cn2c(cc(-c4ccc(C#N)cc4)c2Cl)-c2nncn2-3)C[C@@H]1CN(C)C.C[C@H]1CN(c2ccc3c(c2)Cn2cc(-c4ccc(F)cc4)cc2-c2nccn2-3)C[C@H]1CN(C)C.N#Cc1ccc(-c2cc3n(c2)Cc2cc(N4CC[C@H]5CCC[C@@H]54)ccc2-n2cnnc2-3)cc1. The molecule has 103 heavy (non-hydrogen) atoms. The molecule has 20 heteroatoms. The number of imidazole rings is 1. The van der Waals surface area contributed by atoms with Crippen molar-refractivity contribution in [3.63, 3.8) is 0 Å². The standard InChI is InChI=1S/C28H28ClN7.C28H30FN5.C27H24N6/c1-18-13-34(15-22(18)14-33(2)3)23-8-9-25-21(10-23)16-35-26(28-32-31-17-36(25)28)11-24(27(35)29)20-6-4-19(12-30)5-7-20;1-19-14-32(18-23(19)15-31(2)3)25-8-9-26-22(12-25)17-33-16-21(20-4-6-24(29)7-5-20)13-27(33)28-30-10-11-34(26)28;28-14-18-4-6-19(7-5-18)21-13-26-27-30-29-17-33(27)25-9-8-23(12-22(25)16-31(26)15-21)32-11-10-20-2-1-3-24(20)32/h4-11,17-18,22H,13-16H2,1-3H3;4-13,16,19,23H,14-15,17-18H2,1-3H3;4-9,12-13,15,17,20,24H,1-3,10-11,16H2/t18-,22+;19-,23+;20-,24+/m101/s1. The van der Waals surface area contributed by atoms with Gasteiger partial charge in [0.1, 0.15) is 23.6 Å². The van der Waals surface area contributed by atoms with Crippen molar-refractivity contribution in [2.45, 2.75) is 65.2 Å². The van der Waals surface area contributed by atoms with E-state index < -0.39 is 0 Å². The van der Waals surface area contributed by atoms with Crippen molar-refractivity contribution in [3.05, 3.63) is 222 Å². The Kier molecular flexibility index (Phi) is 17.1. The minimum atomic E-state index is -0.217. The highest BCUT2D eigenvalue weighted by Crippen LogP contribution is 2.45. The minimum absolute atomic E-state index is 0.217. The van der Waals surface area contributed by atoms with Gasteiger partial charge in [-0.3, -0.25) is 13.7 Å². The molecule has 18 nitrogen and oxygen atoms in total. The van der Waals surface area contributed by atoms with E-state index in [2.05, 4.69) is 212 Å². The lowest BCUT2D eigenvalue weighted by Gasteiger charge is -2.27. The first-order valence-corrected chi connectivity index (χ1v) is 36.4. The summed E-state index contributed by atoms with van der Waals surface area (Å²) in [6, 6.07) is 54.0. The van der Waals surface area contributed by atoms with Crippen LogP contribution in [0.3, 0.4) is 0 Å². The average molecular weight is 1390 g/mol. The van der Waals surface area contributed by atoms with E-state index in [0.717, 1.165) is 138 Å². The molecule has 0 unspecified atom stereocenters. The summed E-state index contributed by atoms with van der Waals surface area (Å²) in [5.74, 6) is 5.88. The third kappa shape index (κ3) is 12.3. The van der Waals surface area contributed by atoms with Gasteiger partial charge in [0.2, 0.25) is 0 Å². The lowest BCUT2D eigenvalue weighted by molar-refractivity contribution is 0.301. The number of aromatic nitrogens is 11. The number of anilines is 3. The van der Waals surface area contributed by atoms with E-state index in [9.17, 15) is 4.39 Å². The molecule has 3 saturated heterocycles. The van der Waals surface area contributed by atoms with Crippen molar-refractivity contribution < 1.29 is 4.39 Å². The molecule has 0 radical (unpaired) electrons. The molecule has 1 aliphatic carbocycles. The second-order valence-corrected chi connectivity index (χ2v) is 30.2. The zero-order valence-electron chi connectivity index (χ0n) is 59.0. The molecule has 518 valence electrons. The van der Waals surface area contributed by atoms with E-state index >= 15 is 0 Å². The molecule has 19 rings (SSSR count). The highest BCUT2D eigenvalue weighted by Gasteiger charge is 2.39. The molecular weight excluding hydrogens is 1300 g/mol. The quantitative estimate of drug-likeness (QED) is 0.128. The van der Waals surface area contributed by atoms with E-state index in [1.165, 1.54) is 83.8 Å². The first kappa shape index (κ1) is 65.5. The van der Waals surface area contributed by atoms with Crippen molar-refractivity contribution in [3.8, 4) is 97.1 Å². The maximum absolute atomic E-state index is 13.5. The molecule has 0 N–H and O–H groups in total. The summed E-state index contributed by atoms with van der Waals surface area (Å²) >= 11 is 7.00. The van der Waals surface area contributed by atoms with Gasteiger partial charge in [-0.25, -0.2) is 9.37 Å². The van der Waals surface area contributed by atoms with Gasteiger partial charge in [0, 0.05) is 123 Å². The van der Waals surface area contributed by atoms with Crippen molar-refractivity contribution >= 4 is 28.7 Å². The highest BCUT2D eigenvalue weighted by molar-refractivity contribution is 6.32. The van der Waals surface area contributed by atoms with Gasteiger partial charge in [0.15, 0.2) is 17.5 Å². The van der Waals surface area contributed by atoms with Crippen molar-refractivity contribution in [1.82, 2.24) is 62.6 Å². The molecule has 1 saturated carbocycles. The molecule has 6 atom stereocenters. The Morgan fingerprint density at radius 2 is 1.03 bits per heavy atom. The molecule has 6 aromatic heterocycles. The number of nitriles is 2. The summed E-state index contributed by atoms with van der Waals surface area (Å²) in [6.45, 7) is 14.7. The fraction of sp³-hybridized carbons (Fsp3) is 0.313. The topological polar surface area (TPSA) is 158 Å². The van der Waals surface area contributed by atoms with E-state index in [-0.39, 0.29) is 5.82 Å². The van der Waals surface area contributed by atoms with Crippen LogP contribution in [-0.2, 0) is 19.6 Å². The monoisotopic (exact) mass is 1380 g/mol. The first-order chi connectivity index (χ1) is 50.2. The Labute approximate surface area is 605 Å². The maximum atomic E-state index is 13.5. The normalized spacial score (nSPS) is 19.4. The number of halogens is 2. The first-order valence-electron chi connectivity index (χ1n) is 36.0. The Hall–Kier alpha value is -10.8. The zero-order chi connectivity index (χ0) is 70.3. The van der Waals surface area contributed by atoms with Crippen LogP contribution in [0.4, 0.5) is 21.5 Å². The average Bonchev–Trinajstić information content (AvgIpc) is 1.60. The maximum Gasteiger partial charge on any atom is 0.185 e. The zero-order valence-corrected chi connectivity index (χ0v) is 59.7. The fourth-order valence-corrected chi connectivity index (χ4v) is 17.7. The van der Waals surface area contributed by atoms with Crippen LogP contribution in [0.25, 0.3) is 85.0 Å². The lowest BCUT2D eigenvalue weighted by Crippen LogP contribution is -2.29. The summed E-state index contributed by atoms with van der Waals surface area (Å²) in [6.07, 6.45) is 17.3.